The molecule has 0 aliphatic heterocycles. The maximum Gasteiger partial charge on any atom is 0.231 e. The average Bonchev–Trinajstić information content (AvgIpc) is 2.85. The lowest BCUT2D eigenvalue weighted by atomic mass is 10.3. The SMILES string of the molecule is CCN(CC)c1nc(Cl)nc(N(C)Cc2csc(Br)c2)n1. The Kier molecular flexibility index (Phi) is 5.78. The first kappa shape index (κ1) is 16.5. The van der Waals surface area contributed by atoms with Gasteiger partial charge in [0.25, 0.3) is 0 Å². The highest BCUT2D eigenvalue weighted by Crippen LogP contribution is 2.23. The first-order chi connectivity index (χ1) is 10.0. The van der Waals surface area contributed by atoms with Crippen molar-refractivity contribution in [2.24, 2.45) is 0 Å². The Morgan fingerprint density at radius 2 is 1.86 bits per heavy atom. The molecule has 0 saturated heterocycles. The topological polar surface area (TPSA) is 45.2 Å². The van der Waals surface area contributed by atoms with Gasteiger partial charge in [-0.2, -0.15) is 15.0 Å². The van der Waals surface area contributed by atoms with Crippen LogP contribution in [0.5, 0.6) is 0 Å². The second kappa shape index (κ2) is 7.38. The standard InChI is InChI=1S/C13H17BrClN5S/c1-4-20(5-2)13-17-11(15)16-12(18-13)19(3)7-9-6-10(14)21-8-9/h6,8H,4-5,7H2,1-3H3. The Morgan fingerprint density at radius 1 is 1.19 bits per heavy atom. The van der Waals surface area contributed by atoms with Crippen molar-refractivity contribution in [3.8, 4) is 0 Å². The summed E-state index contributed by atoms with van der Waals surface area (Å²) in [6.45, 7) is 6.51. The number of aromatic nitrogens is 3. The van der Waals surface area contributed by atoms with Gasteiger partial charge in [0.1, 0.15) is 0 Å². The first-order valence-electron chi connectivity index (χ1n) is 6.64. The van der Waals surface area contributed by atoms with Gasteiger partial charge >= 0.3 is 0 Å². The third-order valence-electron chi connectivity index (χ3n) is 3.01. The molecule has 114 valence electrons. The van der Waals surface area contributed by atoms with E-state index in [1.54, 1.807) is 11.3 Å². The van der Waals surface area contributed by atoms with Crippen LogP contribution in [-0.4, -0.2) is 35.1 Å². The van der Waals surface area contributed by atoms with Gasteiger partial charge in [0.05, 0.1) is 3.79 Å². The van der Waals surface area contributed by atoms with E-state index in [2.05, 4.69) is 56.2 Å². The zero-order valence-corrected chi connectivity index (χ0v) is 15.3. The molecule has 0 N–H and O–H groups in total. The molecule has 21 heavy (non-hydrogen) atoms. The Morgan fingerprint density at radius 3 is 2.43 bits per heavy atom. The first-order valence-corrected chi connectivity index (χ1v) is 8.69. The minimum Gasteiger partial charge on any atom is -0.341 e. The molecule has 2 heterocycles. The van der Waals surface area contributed by atoms with E-state index in [0.29, 0.717) is 11.9 Å². The quantitative estimate of drug-likeness (QED) is 0.750. The van der Waals surface area contributed by atoms with Crippen LogP contribution in [0.2, 0.25) is 5.28 Å². The van der Waals surface area contributed by atoms with Gasteiger partial charge in [-0.05, 0) is 58.4 Å². The number of nitrogens with zero attached hydrogens (tertiary/aromatic N) is 5. The van der Waals surface area contributed by atoms with Crippen LogP contribution in [0.1, 0.15) is 19.4 Å². The van der Waals surface area contributed by atoms with Crippen LogP contribution in [0.25, 0.3) is 0 Å². The molecule has 0 aliphatic rings. The Labute approximate surface area is 142 Å². The normalized spacial score (nSPS) is 10.7. The zero-order valence-electron chi connectivity index (χ0n) is 12.2. The molecule has 8 heteroatoms. The fraction of sp³-hybridized carbons (Fsp3) is 0.462. The summed E-state index contributed by atoms with van der Waals surface area (Å²) >= 11 is 11.2. The predicted octanol–water partition coefficient (Wildman–Crippen LogP) is 3.83. The Hall–Kier alpha value is -0.920. The summed E-state index contributed by atoms with van der Waals surface area (Å²) in [6, 6.07) is 2.09. The summed E-state index contributed by atoms with van der Waals surface area (Å²) in [5, 5.41) is 2.33. The van der Waals surface area contributed by atoms with Crippen LogP contribution in [0.3, 0.4) is 0 Å². The monoisotopic (exact) mass is 389 g/mol. The van der Waals surface area contributed by atoms with Crippen molar-refractivity contribution in [2.45, 2.75) is 20.4 Å². The van der Waals surface area contributed by atoms with E-state index in [9.17, 15) is 0 Å². The molecule has 2 aromatic heterocycles. The molecule has 0 unspecified atom stereocenters. The molecule has 2 aromatic rings. The lowest BCUT2D eigenvalue weighted by Crippen LogP contribution is -2.26. The second-order valence-electron chi connectivity index (χ2n) is 4.49. The van der Waals surface area contributed by atoms with Crippen molar-refractivity contribution in [2.75, 3.05) is 29.9 Å². The van der Waals surface area contributed by atoms with Crippen molar-refractivity contribution in [1.29, 1.82) is 0 Å². The largest absolute Gasteiger partial charge is 0.341 e. The molecule has 2 rings (SSSR count). The van der Waals surface area contributed by atoms with E-state index in [-0.39, 0.29) is 5.28 Å². The Balaban J connectivity index is 2.22. The van der Waals surface area contributed by atoms with Crippen molar-refractivity contribution >= 4 is 50.8 Å². The highest BCUT2D eigenvalue weighted by molar-refractivity contribution is 9.11. The smallest absolute Gasteiger partial charge is 0.231 e. The second-order valence-corrected chi connectivity index (χ2v) is 7.12. The predicted molar refractivity (Wildman–Crippen MR) is 92.5 cm³/mol. The molecule has 0 spiro atoms. The number of hydrogen-bond donors (Lipinski definition) is 0. The van der Waals surface area contributed by atoms with Crippen molar-refractivity contribution in [3.05, 3.63) is 26.1 Å². The molecule has 0 atom stereocenters. The maximum absolute atomic E-state index is 6.04. The van der Waals surface area contributed by atoms with E-state index >= 15 is 0 Å². The number of anilines is 2. The van der Waals surface area contributed by atoms with Crippen LogP contribution in [0, 0.1) is 0 Å². The minimum absolute atomic E-state index is 0.222. The van der Waals surface area contributed by atoms with Gasteiger partial charge in [0.2, 0.25) is 17.2 Å². The molecule has 0 amide bonds. The van der Waals surface area contributed by atoms with Gasteiger partial charge in [-0.25, -0.2) is 0 Å². The summed E-state index contributed by atoms with van der Waals surface area (Å²) in [4.78, 5) is 17.0. The van der Waals surface area contributed by atoms with Crippen LogP contribution < -0.4 is 9.80 Å². The number of thiophene rings is 1. The average molecular weight is 391 g/mol. The van der Waals surface area contributed by atoms with Crippen molar-refractivity contribution in [1.82, 2.24) is 15.0 Å². The molecule has 0 saturated carbocycles. The highest BCUT2D eigenvalue weighted by atomic mass is 79.9. The van der Waals surface area contributed by atoms with Crippen LogP contribution in [-0.2, 0) is 6.54 Å². The van der Waals surface area contributed by atoms with E-state index in [1.807, 2.05) is 16.8 Å². The van der Waals surface area contributed by atoms with Crippen molar-refractivity contribution in [3.63, 3.8) is 0 Å². The summed E-state index contributed by atoms with van der Waals surface area (Å²) in [7, 11) is 1.95. The van der Waals surface area contributed by atoms with Gasteiger partial charge in [-0.15, -0.1) is 11.3 Å². The van der Waals surface area contributed by atoms with Crippen LogP contribution >= 0.6 is 38.9 Å². The van der Waals surface area contributed by atoms with Gasteiger partial charge in [-0.3, -0.25) is 0 Å². The molecule has 0 aliphatic carbocycles. The summed E-state index contributed by atoms with van der Waals surface area (Å²) in [6.07, 6.45) is 0. The third-order valence-corrected chi connectivity index (χ3v) is 4.74. The van der Waals surface area contributed by atoms with Gasteiger partial charge in [-0.1, -0.05) is 0 Å². The van der Waals surface area contributed by atoms with Gasteiger partial charge in [0.15, 0.2) is 0 Å². The molecule has 0 aromatic carbocycles. The van der Waals surface area contributed by atoms with E-state index in [4.69, 9.17) is 11.6 Å². The summed E-state index contributed by atoms with van der Waals surface area (Å²) < 4.78 is 1.11. The van der Waals surface area contributed by atoms with Crippen molar-refractivity contribution < 1.29 is 0 Å². The number of hydrogen-bond acceptors (Lipinski definition) is 6. The molecular formula is C13H17BrClN5S. The summed E-state index contributed by atoms with van der Waals surface area (Å²) in [5.41, 5.74) is 1.20. The highest BCUT2D eigenvalue weighted by Gasteiger charge is 2.13. The Bertz CT molecular complexity index is 602. The number of rotatable bonds is 6. The summed E-state index contributed by atoms with van der Waals surface area (Å²) in [5.74, 6) is 1.20. The maximum atomic E-state index is 6.04. The zero-order chi connectivity index (χ0) is 15.4. The van der Waals surface area contributed by atoms with E-state index in [0.717, 1.165) is 23.4 Å². The third kappa shape index (κ3) is 4.28. The molecule has 0 bridgehead atoms. The molecular weight excluding hydrogens is 374 g/mol. The molecule has 0 fully saturated rings. The van der Waals surface area contributed by atoms with Gasteiger partial charge in [0, 0.05) is 26.7 Å². The fourth-order valence-electron chi connectivity index (χ4n) is 1.92. The lowest BCUT2D eigenvalue weighted by Gasteiger charge is -2.21. The van der Waals surface area contributed by atoms with Gasteiger partial charge < -0.3 is 9.80 Å². The van der Waals surface area contributed by atoms with E-state index < -0.39 is 0 Å². The molecule has 0 radical (unpaired) electrons. The van der Waals surface area contributed by atoms with Crippen LogP contribution in [0.15, 0.2) is 15.2 Å². The molecule has 5 nitrogen and oxygen atoms in total. The lowest BCUT2D eigenvalue weighted by molar-refractivity contribution is 0.791. The minimum atomic E-state index is 0.222. The van der Waals surface area contributed by atoms with E-state index in [1.165, 1.54) is 5.56 Å². The van der Waals surface area contributed by atoms with Crippen LogP contribution in [0.4, 0.5) is 11.9 Å². The fourth-order valence-corrected chi connectivity index (χ4v) is 3.27. The number of halogens is 2.